The molecule has 0 aliphatic heterocycles. The highest BCUT2D eigenvalue weighted by Gasteiger charge is 2.60. The molecule has 3 atom stereocenters. The Morgan fingerprint density at radius 1 is 1.10 bits per heavy atom. The number of halogens is 3. The number of Topliss-reactive ketones (excluding diaryl/α,β-unsaturated/α-hetero) is 2. The van der Waals surface area contributed by atoms with Crippen molar-refractivity contribution < 1.29 is 48.0 Å². The summed E-state index contributed by atoms with van der Waals surface area (Å²) in [7, 11) is 1.73. The lowest BCUT2D eigenvalue weighted by atomic mass is 9.59. The van der Waals surface area contributed by atoms with Crippen molar-refractivity contribution in [2.24, 2.45) is 23.5 Å². The highest BCUT2D eigenvalue weighted by Crippen LogP contribution is 2.54. The van der Waals surface area contributed by atoms with E-state index in [1.165, 1.54) is 0 Å². The number of carbonyl (C=O) groups is 3. The molecular formula is C30H35F3N2O7. The number of nitrogens with zero attached hydrogens (tertiary/aromatic N) is 1. The number of aliphatic hydroxyl groups excluding tert-OH is 2. The topological polar surface area (TPSA) is 161 Å². The Labute approximate surface area is 240 Å². The van der Waals surface area contributed by atoms with Crippen LogP contribution in [0.15, 0.2) is 23.0 Å². The van der Waals surface area contributed by atoms with Gasteiger partial charge < -0.3 is 31.1 Å². The van der Waals surface area contributed by atoms with Crippen LogP contribution in [0.5, 0.6) is 5.75 Å². The number of amides is 1. The number of rotatable bonds is 5. The minimum atomic E-state index is -4.86. The minimum Gasteiger partial charge on any atom is -0.508 e. The molecule has 0 saturated heterocycles. The number of hydrogen-bond acceptors (Lipinski definition) is 8. The van der Waals surface area contributed by atoms with Gasteiger partial charge in [0, 0.05) is 31.0 Å². The number of aromatic hydroxyl groups is 1. The number of benzene rings is 1. The van der Waals surface area contributed by atoms with Crippen molar-refractivity contribution in [1.29, 1.82) is 0 Å². The van der Waals surface area contributed by atoms with Crippen molar-refractivity contribution in [2.75, 3.05) is 13.6 Å². The van der Waals surface area contributed by atoms with Crippen molar-refractivity contribution in [3.8, 4) is 5.75 Å². The van der Waals surface area contributed by atoms with E-state index in [0.29, 0.717) is 12.5 Å². The van der Waals surface area contributed by atoms with Crippen LogP contribution in [0.1, 0.15) is 73.6 Å². The number of carbonyl (C=O) groups excluding carboxylic acids is 3. The number of ketones is 2. The summed E-state index contributed by atoms with van der Waals surface area (Å²) in [5.41, 5.74) is -1.11. The zero-order valence-corrected chi connectivity index (χ0v) is 23.3. The Balaban J connectivity index is 1.58. The molecule has 228 valence electrons. The Hall–Kier alpha value is -3.38. The molecule has 5 rings (SSSR count). The second-order valence-electron chi connectivity index (χ2n) is 12.2. The third-order valence-electron chi connectivity index (χ3n) is 9.42. The number of primary amides is 1. The van der Waals surface area contributed by atoms with E-state index in [4.69, 9.17) is 5.73 Å². The Morgan fingerprint density at radius 3 is 2.33 bits per heavy atom. The van der Waals surface area contributed by atoms with E-state index < -0.39 is 93.5 Å². The van der Waals surface area contributed by atoms with E-state index in [1.54, 1.807) is 11.9 Å². The molecule has 0 radical (unpaired) electrons. The maximum Gasteiger partial charge on any atom is 0.417 e. The number of phenolic OH excluding ortho intramolecular Hbond substituents is 1. The predicted octanol–water partition coefficient (Wildman–Crippen LogP) is 3.84. The van der Waals surface area contributed by atoms with E-state index in [1.807, 2.05) is 0 Å². The van der Waals surface area contributed by atoms with Gasteiger partial charge in [-0.3, -0.25) is 14.4 Å². The second kappa shape index (κ2) is 10.7. The van der Waals surface area contributed by atoms with E-state index in [-0.39, 0.29) is 24.1 Å². The average molecular weight is 593 g/mol. The Kier molecular flexibility index (Phi) is 7.68. The van der Waals surface area contributed by atoms with Gasteiger partial charge in [-0.2, -0.15) is 13.2 Å². The summed E-state index contributed by atoms with van der Waals surface area (Å²) in [4.78, 5) is 39.7. The third-order valence-corrected chi connectivity index (χ3v) is 9.42. The molecule has 9 nitrogen and oxygen atoms in total. The van der Waals surface area contributed by atoms with Gasteiger partial charge in [0.05, 0.1) is 11.1 Å². The lowest BCUT2D eigenvalue weighted by molar-refractivity contribution is -0.147. The molecule has 2 saturated carbocycles. The van der Waals surface area contributed by atoms with Crippen LogP contribution in [0.2, 0.25) is 0 Å². The number of nitrogens with two attached hydrogens (primary N) is 1. The molecule has 0 aromatic heterocycles. The minimum absolute atomic E-state index is 0.0987. The summed E-state index contributed by atoms with van der Waals surface area (Å²) in [6, 6.07) is 0.953. The van der Waals surface area contributed by atoms with E-state index in [0.717, 1.165) is 44.6 Å². The fourth-order valence-corrected chi connectivity index (χ4v) is 7.58. The van der Waals surface area contributed by atoms with Crippen molar-refractivity contribution >= 4 is 23.2 Å². The molecule has 2 fully saturated rings. The fraction of sp³-hybridized carbons (Fsp3) is 0.567. The summed E-state index contributed by atoms with van der Waals surface area (Å²) in [6.07, 6.45) is 0.414. The first kappa shape index (κ1) is 30.1. The monoisotopic (exact) mass is 592 g/mol. The van der Waals surface area contributed by atoms with Crippen molar-refractivity contribution in [2.45, 2.75) is 76.1 Å². The van der Waals surface area contributed by atoms with Crippen LogP contribution in [-0.4, -0.2) is 62.0 Å². The van der Waals surface area contributed by atoms with Gasteiger partial charge in [0.2, 0.25) is 5.78 Å². The molecule has 1 aromatic carbocycles. The molecule has 0 spiro atoms. The van der Waals surface area contributed by atoms with Crippen molar-refractivity contribution in [1.82, 2.24) is 4.90 Å². The van der Waals surface area contributed by atoms with Crippen molar-refractivity contribution in [3.63, 3.8) is 0 Å². The van der Waals surface area contributed by atoms with Gasteiger partial charge in [-0.05, 0) is 61.8 Å². The quantitative estimate of drug-likeness (QED) is 0.255. The van der Waals surface area contributed by atoms with Gasteiger partial charge in [0.15, 0.2) is 11.4 Å². The molecule has 6 N–H and O–H groups in total. The zero-order valence-electron chi connectivity index (χ0n) is 23.3. The molecule has 0 bridgehead atoms. The Bertz CT molecular complexity index is 1410. The van der Waals surface area contributed by atoms with Gasteiger partial charge in [-0.25, -0.2) is 0 Å². The largest absolute Gasteiger partial charge is 0.508 e. The SMILES string of the molecule is CN(Cc1cc(O)c2c(c1C(F)(F)F)CC1C[C@H]3CC(=O)C(C(N)=O)=C(O)[C@@]3(O)C(=O)C1=C2O)CC1CCCCCC1. The number of fused-ring (bicyclic) bond motifs is 3. The molecule has 4 aliphatic rings. The molecular weight excluding hydrogens is 557 g/mol. The van der Waals surface area contributed by atoms with Crippen molar-refractivity contribution in [3.05, 3.63) is 45.2 Å². The molecule has 1 amide bonds. The van der Waals surface area contributed by atoms with Crippen LogP contribution < -0.4 is 5.73 Å². The number of hydrogen-bond donors (Lipinski definition) is 5. The van der Waals surface area contributed by atoms with Gasteiger partial charge in [0.25, 0.3) is 5.91 Å². The van der Waals surface area contributed by atoms with Crippen LogP contribution in [-0.2, 0) is 33.5 Å². The fourth-order valence-electron chi connectivity index (χ4n) is 7.58. The van der Waals surface area contributed by atoms with E-state index in [9.17, 15) is 48.0 Å². The molecule has 12 heteroatoms. The standard InChI is InChI=1S/C30H35F3N2O7/c1-35(12-14-6-4-2-3-5-7-14)13-16-10-19(36)22-18(24(16)30(31,32)33)9-15-8-17-11-20(37)23(28(34)41)27(40)29(17,42)26(39)21(15)25(22)38/h10,14-15,17,36,38,40,42H,2-9,11-13H2,1H3,(H2,34,41)/t15?,17-,29-/m0/s1. The van der Waals surface area contributed by atoms with Gasteiger partial charge in [-0.1, -0.05) is 25.7 Å². The van der Waals surface area contributed by atoms with Gasteiger partial charge in [-0.15, -0.1) is 0 Å². The summed E-state index contributed by atoms with van der Waals surface area (Å²) in [5, 5.41) is 44.1. The van der Waals surface area contributed by atoms with Gasteiger partial charge >= 0.3 is 6.18 Å². The maximum absolute atomic E-state index is 14.7. The lowest BCUT2D eigenvalue weighted by Crippen LogP contribution is -2.58. The molecule has 42 heavy (non-hydrogen) atoms. The predicted molar refractivity (Wildman–Crippen MR) is 144 cm³/mol. The summed E-state index contributed by atoms with van der Waals surface area (Å²) >= 11 is 0. The average Bonchev–Trinajstić information content (AvgIpc) is 3.13. The summed E-state index contributed by atoms with van der Waals surface area (Å²) < 4.78 is 44.0. The number of aliphatic hydroxyl groups is 3. The first-order valence-corrected chi connectivity index (χ1v) is 14.3. The van der Waals surface area contributed by atoms with E-state index in [2.05, 4.69) is 0 Å². The molecule has 1 unspecified atom stereocenters. The summed E-state index contributed by atoms with van der Waals surface area (Å²) in [6.45, 7) is 0.499. The summed E-state index contributed by atoms with van der Waals surface area (Å²) in [5.74, 6) is -8.29. The number of phenols is 1. The Morgan fingerprint density at radius 2 is 1.74 bits per heavy atom. The zero-order chi connectivity index (χ0) is 30.7. The van der Waals surface area contributed by atoms with Crippen LogP contribution in [0.3, 0.4) is 0 Å². The molecule has 4 aliphatic carbocycles. The first-order chi connectivity index (χ1) is 19.7. The lowest BCUT2D eigenvalue weighted by Gasteiger charge is -2.46. The van der Waals surface area contributed by atoms with Crippen LogP contribution in [0.25, 0.3) is 5.76 Å². The van der Waals surface area contributed by atoms with Crippen LogP contribution >= 0.6 is 0 Å². The normalized spacial score (nSPS) is 27.1. The molecule has 0 heterocycles. The third kappa shape index (κ3) is 4.88. The van der Waals surface area contributed by atoms with Gasteiger partial charge in [0.1, 0.15) is 22.8 Å². The number of alkyl halides is 3. The van der Waals surface area contributed by atoms with E-state index >= 15 is 0 Å². The second-order valence-corrected chi connectivity index (χ2v) is 12.2. The molecule has 1 aromatic rings. The highest BCUT2D eigenvalue weighted by molar-refractivity contribution is 6.22. The highest BCUT2D eigenvalue weighted by atomic mass is 19.4. The first-order valence-electron chi connectivity index (χ1n) is 14.3. The van der Waals surface area contributed by atoms with Crippen LogP contribution in [0.4, 0.5) is 13.2 Å². The smallest absolute Gasteiger partial charge is 0.417 e. The van der Waals surface area contributed by atoms with Crippen LogP contribution in [0, 0.1) is 17.8 Å². The maximum atomic E-state index is 14.7.